The van der Waals surface area contributed by atoms with Crippen LogP contribution >= 0.6 is 0 Å². The van der Waals surface area contributed by atoms with Crippen LogP contribution in [0.3, 0.4) is 0 Å². The number of nitriles is 1. The molecule has 1 saturated carbocycles. The van der Waals surface area contributed by atoms with Crippen molar-refractivity contribution in [3.63, 3.8) is 0 Å². The Hall–Kier alpha value is -3.21. The number of carbonyl (C=O) groups excluding carboxylic acids is 1. The summed E-state index contributed by atoms with van der Waals surface area (Å²) in [5.74, 6) is 2.03. The van der Waals surface area contributed by atoms with Crippen molar-refractivity contribution < 1.29 is 14.3 Å². The van der Waals surface area contributed by atoms with Gasteiger partial charge in [0, 0.05) is 43.7 Å². The van der Waals surface area contributed by atoms with Gasteiger partial charge in [-0.2, -0.15) is 5.26 Å². The molecule has 1 saturated heterocycles. The van der Waals surface area contributed by atoms with Gasteiger partial charge in [-0.15, -0.1) is 0 Å². The second-order valence-corrected chi connectivity index (χ2v) is 8.48. The van der Waals surface area contributed by atoms with Crippen LogP contribution in [0.4, 0.5) is 10.6 Å². The summed E-state index contributed by atoms with van der Waals surface area (Å²) in [5.41, 5.74) is 1.31. The molecule has 31 heavy (non-hydrogen) atoms. The number of nitrogens with one attached hydrogen (secondary N) is 1. The van der Waals surface area contributed by atoms with Gasteiger partial charge in [0.2, 0.25) is 6.79 Å². The van der Waals surface area contributed by atoms with Crippen molar-refractivity contribution in [1.82, 2.24) is 15.2 Å². The van der Waals surface area contributed by atoms with Crippen LogP contribution < -0.4 is 19.7 Å². The van der Waals surface area contributed by atoms with E-state index in [1.54, 1.807) is 0 Å². The number of pyridine rings is 1. The average Bonchev–Trinajstić information content (AvgIpc) is 3.10. The van der Waals surface area contributed by atoms with Crippen molar-refractivity contribution in [2.75, 3.05) is 37.9 Å². The van der Waals surface area contributed by atoms with Crippen molar-refractivity contribution in [1.29, 1.82) is 5.26 Å². The number of urea groups is 1. The van der Waals surface area contributed by atoms with Gasteiger partial charge in [0.15, 0.2) is 11.5 Å². The minimum Gasteiger partial charge on any atom is -0.454 e. The number of fused-ring (bicyclic) bond motifs is 2. The number of amides is 2. The third-order valence-electron chi connectivity index (χ3n) is 6.42. The number of carbonyl (C=O) groups is 1. The molecule has 3 heterocycles. The molecular formula is C23H27N5O3. The molecule has 5 rings (SSSR count). The fourth-order valence-corrected chi connectivity index (χ4v) is 4.72. The van der Waals surface area contributed by atoms with Crippen molar-refractivity contribution in [2.45, 2.75) is 44.6 Å². The van der Waals surface area contributed by atoms with E-state index in [-0.39, 0.29) is 12.8 Å². The van der Waals surface area contributed by atoms with Gasteiger partial charge in [-0.1, -0.05) is 19.3 Å². The third-order valence-corrected chi connectivity index (χ3v) is 6.42. The number of hydrogen-bond acceptors (Lipinski definition) is 6. The fourth-order valence-electron chi connectivity index (χ4n) is 4.72. The molecule has 0 unspecified atom stereocenters. The van der Waals surface area contributed by atoms with Crippen molar-refractivity contribution in [2.24, 2.45) is 0 Å². The second-order valence-electron chi connectivity index (χ2n) is 8.48. The van der Waals surface area contributed by atoms with E-state index in [0.29, 0.717) is 48.6 Å². The zero-order valence-corrected chi connectivity index (χ0v) is 17.6. The Balaban J connectivity index is 1.32. The Bertz CT molecular complexity index is 1030. The van der Waals surface area contributed by atoms with Gasteiger partial charge >= 0.3 is 6.03 Å². The number of aromatic nitrogens is 1. The molecule has 2 aromatic rings. The molecule has 1 N–H and O–H groups in total. The highest BCUT2D eigenvalue weighted by Crippen LogP contribution is 2.37. The number of hydrogen-bond donors (Lipinski definition) is 1. The lowest BCUT2D eigenvalue weighted by Gasteiger charge is -2.28. The summed E-state index contributed by atoms with van der Waals surface area (Å²) < 4.78 is 10.9. The zero-order valence-electron chi connectivity index (χ0n) is 17.6. The van der Waals surface area contributed by atoms with Gasteiger partial charge < -0.3 is 24.6 Å². The summed E-state index contributed by atoms with van der Waals surface area (Å²) in [7, 11) is 0. The standard InChI is InChI=1S/C23H27N5O3/c24-14-17-11-16-12-20-21(31-15-30-20)13-19(16)26-22(17)27-7-4-8-28(10-9-27)23(29)25-18-5-2-1-3-6-18/h11-13,18H,1-10,15H2,(H,25,29). The van der Waals surface area contributed by atoms with E-state index in [2.05, 4.69) is 16.3 Å². The van der Waals surface area contributed by atoms with E-state index in [1.165, 1.54) is 19.3 Å². The van der Waals surface area contributed by atoms with Gasteiger partial charge in [0.25, 0.3) is 0 Å². The average molecular weight is 422 g/mol. The number of benzene rings is 1. The van der Waals surface area contributed by atoms with Crippen LogP contribution in [0.5, 0.6) is 11.5 Å². The minimum absolute atomic E-state index is 0.0356. The normalized spacial score (nSPS) is 19.2. The second kappa shape index (κ2) is 8.50. The smallest absolute Gasteiger partial charge is 0.317 e. The fraction of sp³-hybridized carbons (Fsp3) is 0.522. The summed E-state index contributed by atoms with van der Waals surface area (Å²) in [6.45, 7) is 2.93. The number of nitrogens with zero attached hydrogens (tertiary/aromatic N) is 4. The van der Waals surface area contributed by atoms with Gasteiger partial charge in [-0.05, 0) is 31.4 Å². The van der Waals surface area contributed by atoms with E-state index in [0.717, 1.165) is 36.7 Å². The Labute approximate surface area is 181 Å². The van der Waals surface area contributed by atoms with Crippen LogP contribution in [0.1, 0.15) is 44.1 Å². The van der Waals surface area contributed by atoms with E-state index in [1.807, 2.05) is 23.1 Å². The van der Waals surface area contributed by atoms with Gasteiger partial charge in [0.1, 0.15) is 11.9 Å². The molecule has 1 aromatic carbocycles. The van der Waals surface area contributed by atoms with Crippen LogP contribution in [0, 0.1) is 11.3 Å². The monoisotopic (exact) mass is 421 g/mol. The molecule has 2 fully saturated rings. The predicted molar refractivity (Wildman–Crippen MR) is 116 cm³/mol. The van der Waals surface area contributed by atoms with Gasteiger partial charge in [-0.3, -0.25) is 0 Å². The Morgan fingerprint density at radius 3 is 2.65 bits per heavy atom. The molecule has 2 amide bonds. The van der Waals surface area contributed by atoms with E-state index >= 15 is 0 Å². The molecular weight excluding hydrogens is 394 g/mol. The lowest BCUT2D eigenvalue weighted by Crippen LogP contribution is -2.46. The Kier molecular flexibility index (Phi) is 5.41. The van der Waals surface area contributed by atoms with Crippen molar-refractivity contribution in [3.8, 4) is 17.6 Å². The maximum absolute atomic E-state index is 12.8. The lowest BCUT2D eigenvalue weighted by molar-refractivity contribution is 0.174. The highest BCUT2D eigenvalue weighted by molar-refractivity contribution is 5.86. The summed E-state index contributed by atoms with van der Waals surface area (Å²) in [4.78, 5) is 21.6. The summed E-state index contributed by atoms with van der Waals surface area (Å²) >= 11 is 0. The molecule has 1 aliphatic carbocycles. The highest BCUT2D eigenvalue weighted by atomic mass is 16.7. The molecule has 3 aliphatic rings. The largest absolute Gasteiger partial charge is 0.454 e. The van der Waals surface area contributed by atoms with E-state index < -0.39 is 0 Å². The Morgan fingerprint density at radius 1 is 1.03 bits per heavy atom. The first-order valence-electron chi connectivity index (χ1n) is 11.2. The number of rotatable bonds is 2. The quantitative estimate of drug-likeness (QED) is 0.799. The molecule has 1 aromatic heterocycles. The SMILES string of the molecule is N#Cc1cc2cc3c(cc2nc1N1CCCN(C(=O)NC2CCCCC2)CC1)OCO3. The Morgan fingerprint density at radius 2 is 1.84 bits per heavy atom. The minimum atomic E-state index is 0.0356. The highest BCUT2D eigenvalue weighted by Gasteiger charge is 2.25. The van der Waals surface area contributed by atoms with E-state index in [9.17, 15) is 10.1 Å². The first kappa shape index (κ1) is 19.7. The molecule has 0 spiro atoms. The molecule has 2 aliphatic heterocycles. The summed E-state index contributed by atoms with van der Waals surface area (Å²) in [5, 5.41) is 13.8. The molecule has 8 heteroatoms. The molecule has 8 nitrogen and oxygen atoms in total. The molecule has 0 atom stereocenters. The topological polar surface area (TPSA) is 90.7 Å². The maximum Gasteiger partial charge on any atom is 0.317 e. The molecule has 0 radical (unpaired) electrons. The van der Waals surface area contributed by atoms with Crippen LogP contribution in [-0.2, 0) is 0 Å². The van der Waals surface area contributed by atoms with Crippen molar-refractivity contribution in [3.05, 3.63) is 23.8 Å². The first-order chi connectivity index (χ1) is 15.2. The predicted octanol–water partition coefficient (Wildman–Crippen LogP) is 3.39. The summed E-state index contributed by atoms with van der Waals surface area (Å²) in [6.07, 6.45) is 6.66. The maximum atomic E-state index is 12.8. The molecule has 162 valence electrons. The molecule has 0 bridgehead atoms. The van der Waals surface area contributed by atoms with Crippen LogP contribution in [0.25, 0.3) is 10.9 Å². The lowest BCUT2D eigenvalue weighted by atomic mass is 9.96. The summed E-state index contributed by atoms with van der Waals surface area (Å²) in [6, 6.07) is 8.23. The van der Waals surface area contributed by atoms with Crippen molar-refractivity contribution >= 4 is 22.8 Å². The van der Waals surface area contributed by atoms with Crippen LogP contribution in [0.15, 0.2) is 18.2 Å². The number of ether oxygens (including phenoxy) is 2. The number of anilines is 1. The van der Waals surface area contributed by atoms with Gasteiger partial charge in [0.05, 0.1) is 11.1 Å². The zero-order chi connectivity index (χ0) is 21.2. The third kappa shape index (κ3) is 4.05. The van der Waals surface area contributed by atoms with Gasteiger partial charge in [-0.25, -0.2) is 9.78 Å². The first-order valence-corrected chi connectivity index (χ1v) is 11.2. The van der Waals surface area contributed by atoms with Crippen LogP contribution in [0.2, 0.25) is 0 Å². The van der Waals surface area contributed by atoms with E-state index in [4.69, 9.17) is 14.5 Å². The van der Waals surface area contributed by atoms with Crippen LogP contribution in [-0.4, -0.2) is 54.9 Å².